The van der Waals surface area contributed by atoms with Crippen LogP contribution < -0.4 is 14.5 Å². The molecule has 1 aliphatic heterocycles. The molecule has 0 unspecified atom stereocenters. The van der Waals surface area contributed by atoms with Gasteiger partial charge in [0.1, 0.15) is 11.3 Å². The summed E-state index contributed by atoms with van der Waals surface area (Å²) >= 11 is 0. The minimum absolute atomic E-state index is 0.250. The number of likely N-dealkylation sites (N-methyl/N-ethyl adjacent to an activating group) is 1. The smallest absolute Gasteiger partial charge is 0.339 e. The summed E-state index contributed by atoms with van der Waals surface area (Å²) in [5, 5.41) is 10.4. The molecule has 0 bridgehead atoms. The fourth-order valence-electron chi connectivity index (χ4n) is 2.89. The molecule has 1 saturated heterocycles. The number of hydrogen-bond acceptors (Lipinski definition) is 4. The van der Waals surface area contributed by atoms with Gasteiger partial charge in [0.15, 0.2) is 0 Å². The predicted molar refractivity (Wildman–Crippen MR) is 84.1 cm³/mol. The second-order valence-corrected chi connectivity index (χ2v) is 5.65. The van der Waals surface area contributed by atoms with E-state index in [1.807, 2.05) is 18.2 Å². The molecular formula is C16H20N3O3+. The van der Waals surface area contributed by atoms with Crippen LogP contribution in [-0.2, 0) is 0 Å². The van der Waals surface area contributed by atoms with Gasteiger partial charge in [0.25, 0.3) is 0 Å². The van der Waals surface area contributed by atoms with Crippen molar-refractivity contribution in [3.05, 3.63) is 30.0 Å². The summed E-state index contributed by atoms with van der Waals surface area (Å²) in [5.41, 5.74) is 1.79. The third-order valence-corrected chi connectivity index (χ3v) is 4.21. The molecule has 1 aromatic heterocycles. The molecule has 2 N–H and O–H groups in total. The first-order valence-corrected chi connectivity index (χ1v) is 7.36. The first-order valence-electron chi connectivity index (χ1n) is 7.36. The zero-order chi connectivity index (χ0) is 15.7. The monoisotopic (exact) mass is 302 g/mol. The molecule has 1 fully saturated rings. The van der Waals surface area contributed by atoms with Crippen molar-refractivity contribution >= 4 is 22.6 Å². The van der Waals surface area contributed by atoms with Gasteiger partial charge in [0.2, 0.25) is 0 Å². The minimum Gasteiger partial charge on any atom is -0.497 e. The predicted octanol–water partition coefficient (Wildman–Crippen LogP) is 0.276. The molecule has 0 saturated carbocycles. The van der Waals surface area contributed by atoms with Crippen LogP contribution in [0.1, 0.15) is 10.4 Å². The molecule has 0 aliphatic carbocycles. The Balaban J connectivity index is 2.18. The van der Waals surface area contributed by atoms with E-state index in [1.165, 1.54) is 11.1 Å². The van der Waals surface area contributed by atoms with Gasteiger partial charge >= 0.3 is 5.97 Å². The van der Waals surface area contributed by atoms with Gasteiger partial charge in [-0.05, 0) is 18.2 Å². The zero-order valence-corrected chi connectivity index (χ0v) is 12.8. The van der Waals surface area contributed by atoms with Crippen LogP contribution in [0.4, 0.5) is 5.69 Å². The van der Waals surface area contributed by atoms with Crippen LogP contribution >= 0.6 is 0 Å². The van der Waals surface area contributed by atoms with Gasteiger partial charge in [-0.2, -0.15) is 0 Å². The largest absolute Gasteiger partial charge is 0.497 e. The van der Waals surface area contributed by atoms with E-state index in [2.05, 4.69) is 16.9 Å². The topological polar surface area (TPSA) is 67.1 Å². The van der Waals surface area contributed by atoms with Crippen LogP contribution in [0, 0.1) is 0 Å². The van der Waals surface area contributed by atoms with Crippen LogP contribution in [-0.4, -0.2) is 56.4 Å². The first kappa shape index (κ1) is 14.6. The van der Waals surface area contributed by atoms with E-state index in [0.29, 0.717) is 5.75 Å². The minimum atomic E-state index is -0.946. The molecule has 0 spiro atoms. The van der Waals surface area contributed by atoms with Crippen molar-refractivity contribution in [3.63, 3.8) is 0 Å². The van der Waals surface area contributed by atoms with Gasteiger partial charge < -0.3 is 19.6 Å². The van der Waals surface area contributed by atoms with Crippen LogP contribution in [0.2, 0.25) is 0 Å². The molecule has 22 heavy (non-hydrogen) atoms. The molecule has 0 radical (unpaired) electrons. The number of rotatable bonds is 3. The van der Waals surface area contributed by atoms with Gasteiger partial charge in [-0.1, -0.05) is 0 Å². The zero-order valence-electron chi connectivity index (χ0n) is 12.8. The Bertz CT molecular complexity index is 709. The number of quaternary nitrogens is 1. The number of carboxylic acid groups (broad SMARTS) is 1. The Hall–Kier alpha value is -2.34. The van der Waals surface area contributed by atoms with E-state index in [-0.39, 0.29) is 5.56 Å². The standard InChI is InChI=1S/C16H19N3O3/c1-18-5-7-19(8-6-18)15-12-9-11(22-2)3-4-14(12)17-10-13(15)16(20)21/h3-4,9-10H,5-8H2,1-2H3,(H,20,21)/p+1. The lowest BCUT2D eigenvalue weighted by molar-refractivity contribution is -0.880. The Morgan fingerprint density at radius 2 is 2.09 bits per heavy atom. The fraction of sp³-hybridized carbons (Fsp3) is 0.375. The first-order chi connectivity index (χ1) is 10.6. The number of pyridine rings is 1. The number of hydrogen-bond donors (Lipinski definition) is 2. The Kier molecular flexibility index (Phi) is 3.85. The maximum atomic E-state index is 11.6. The molecule has 3 rings (SSSR count). The average molecular weight is 302 g/mol. The van der Waals surface area contributed by atoms with Crippen molar-refractivity contribution in [2.45, 2.75) is 0 Å². The SMILES string of the molecule is COc1ccc2ncc(C(=O)O)c(N3CC[NH+](C)CC3)c2c1. The van der Waals surface area contributed by atoms with E-state index in [1.54, 1.807) is 7.11 Å². The molecule has 6 heteroatoms. The quantitative estimate of drug-likeness (QED) is 0.852. The molecule has 0 atom stereocenters. The second kappa shape index (κ2) is 5.81. The highest BCUT2D eigenvalue weighted by atomic mass is 16.5. The number of anilines is 1. The number of methoxy groups -OCH3 is 1. The maximum absolute atomic E-state index is 11.6. The van der Waals surface area contributed by atoms with Gasteiger partial charge in [0.05, 0.1) is 51.5 Å². The van der Waals surface area contributed by atoms with Crippen LogP contribution in [0.3, 0.4) is 0 Å². The number of aromatic carboxylic acids is 1. The number of nitrogens with zero attached hydrogens (tertiary/aromatic N) is 2. The Morgan fingerprint density at radius 3 is 2.73 bits per heavy atom. The number of aromatic nitrogens is 1. The van der Waals surface area contributed by atoms with Crippen molar-refractivity contribution in [3.8, 4) is 5.75 Å². The molecule has 2 aromatic rings. The summed E-state index contributed by atoms with van der Waals surface area (Å²) in [7, 11) is 3.76. The third kappa shape index (κ3) is 2.57. The number of fused-ring (bicyclic) bond motifs is 1. The molecule has 6 nitrogen and oxygen atoms in total. The lowest BCUT2D eigenvalue weighted by atomic mass is 10.1. The highest BCUT2D eigenvalue weighted by Crippen LogP contribution is 2.32. The lowest BCUT2D eigenvalue weighted by Crippen LogP contribution is -3.12. The highest BCUT2D eigenvalue weighted by molar-refractivity contribution is 6.05. The van der Waals surface area contributed by atoms with Gasteiger partial charge in [-0.15, -0.1) is 0 Å². The number of piperazine rings is 1. The van der Waals surface area contributed by atoms with Crippen LogP contribution in [0.25, 0.3) is 10.9 Å². The number of ether oxygens (including phenoxy) is 1. The second-order valence-electron chi connectivity index (χ2n) is 5.65. The van der Waals surface area contributed by atoms with Crippen molar-refractivity contribution in [1.82, 2.24) is 4.98 Å². The summed E-state index contributed by atoms with van der Waals surface area (Å²) in [4.78, 5) is 19.5. The van der Waals surface area contributed by atoms with E-state index in [4.69, 9.17) is 4.74 Å². The van der Waals surface area contributed by atoms with Gasteiger partial charge in [-0.3, -0.25) is 4.98 Å². The van der Waals surface area contributed by atoms with Crippen LogP contribution in [0.5, 0.6) is 5.75 Å². The molecule has 2 heterocycles. The average Bonchev–Trinajstić information content (AvgIpc) is 2.54. The van der Waals surface area contributed by atoms with Gasteiger partial charge in [0, 0.05) is 11.6 Å². The van der Waals surface area contributed by atoms with Crippen molar-refractivity contribution < 1.29 is 19.5 Å². The number of carbonyl (C=O) groups is 1. The third-order valence-electron chi connectivity index (χ3n) is 4.21. The fourth-order valence-corrected chi connectivity index (χ4v) is 2.89. The number of benzene rings is 1. The van der Waals surface area contributed by atoms with Crippen molar-refractivity contribution in [2.75, 3.05) is 45.2 Å². The Morgan fingerprint density at radius 1 is 1.36 bits per heavy atom. The molecule has 116 valence electrons. The van der Waals surface area contributed by atoms with E-state index >= 15 is 0 Å². The summed E-state index contributed by atoms with van der Waals surface area (Å²) < 4.78 is 5.28. The summed E-state index contributed by atoms with van der Waals surface area (Å²) in [5.74, 6) is -0.240. The number of nitrogens with one attached hydrogen (secondary N) is 1. The highest BCUT2D eigenvalue weighted by Gasteiger charge is 2.24. The summed E-state index contributed by atoms with van der Waals surface area (Å²) in [6.07, 6.45) is 1.46. The van der Waals surface area contributed by atoms with E-state index in [0.717, 1.165) is 42.8 Å². The van der Waals surface area contributed by atoms with Crippen LogP contribution in [0.15, 0.2) is 24.4 Å². The normalized spacial score (nSPS) is 16.0. The van der Waals surface area contributed by atoms with Gasteiger partial charge in [-0.25, -0.2) is 4.79 Å². The molecule has 1 aliphatic rings. The number of carboxylic acids is 1. The van der Waals surface area contributed by atoms with Crippen molar-refractivity contribution in [2.24, 2.45) is 0 Å². The van der Waals surface area contributed by atoms with Crippen molar-refractivity contribution in [1.29, 1.82) is 0 Å². The Labute approximate surface area is 128 Å². The molecule has 0 amide bonds. The maximum Gasteiger partial charge on any atom is 0.339 e. The van der Waals surface area contributed by atoms with E-state index < -0.39 is 5.97 Å². The summed E-state index contributed by atoms with van der Waals surface area (Å²) in [6, 6.07) is 5.58. The molecular weight excluding hydrogens is 282 g/mol. The lowest BCUT2D eigenvalue weighted by Gasteiger charge is -2.33. The summed E-state index contributed by atoms with van der Waals surface area (Å²) in [6.45, 7) is 3.66. The van der Waals surface area contributed by atoms with E-state index in [9.17, 15) is 9.90 Å². The molecule has 1 aromatic carbocycles.